The molecule has 0 spiro atoms. The summed E-state index contributed by atoms with van der Waals surface area (Å²) in [5.74, 6) is 0.559. The standard InChI is InChI=1S/C13H17BrN4O/c1-7-8(6-15-18(7)5)11-16-10(13(2,3)4)9(14)12(19)17-11/h6H,1-5H3,(H,16,17,19). The highest BCUT2D eigenvalue weighted by atomic mass is 79.9. The van der Waals surface area contributed by atoms with E-state index in [2.05, 4.69) is 31.0 Å². The molecule has 0 aromatic carbocycles. The fourth-order valence-electron chi connectivity index (χ4n) is 1.81. The van der Waals surface area contributed by atoms with E-state index in [0.717, 1.165) is 17.0 Å². The molecule has 2 aromatic heterocycles. The van der Waals surface area contributed by atoms with Gasteiger partial charge in [0, 0.05) is 18.2 Å². The van der Waals surface area contributed by atoms with Crippen LogP contribution in [0.25, 0.3) is 11.4 Å². The highest BCUT2D eigenvalue weighted by molar-refractivity contribution is 9.10. The third-order valence-corrected chi connectivity index (χ3v) is 3.80. The van der Waals surface area contributed by atoms with Crippen LogP contribution in [0.3, 0.4) is 0 Å². The lowest BCUT2D eigenvalue weighted by Gasteiger charge is -2.19. The number of hydrogen-bond donors (Lipinski definition) is 1. The Kier molecular flexibility index (Phi) is 3.38. The lowest BCUT2D eigenvalue weighted by atomic mass is 9.92. The summed E-state index contributed by atoms with van der Waals surface area (Å²) in [5, 5.41) is 4.18. The zero-order valence-electron chi connectivity index (χ0n) is 11.7. The summed E-state index contributed by atoms with van der Waals surface area (Å²) in [4.78, 5) is 19.4. The third-order valence-electron chi connectivity index (χ3n) is 3.06. The van der Waals surface area contributed by atoms with Crippen LogP contribution in [0.2, 0.25) is 0 Å². The summed E-state index contributed by atoms with van der Waals surface area (Å²) in [5.41, 5.74) is 2.17. The lowest BCUT2D eigenvalue weighted by Crippen LogP contribution is -2.22. The van der Waals surface area contributed by atoms with Crippen LogP contribution in [0.4, 0.5) is 0 Å². The predicted molar refractivity (Wildman–Crippen MR) is 78.2 cm³/mol. The van der Waals surface area contributed by atoms with Gasteiger partial charge in [0.2, 0.25) is 0 Å². The Bertz CT molecular complexity index is 679. The van der Waals surface area contributed by atoms with Gasteiger partial charge >= 0.3 is 0 Å². The number of nitrogens with one attached hydrogen (secondary N) is 1. The largest absolute Gasteiger partial charge is 0.305 e. The van der Waals surface area contributed by atoms with E-state index in [1.807, 2.05) is 34.7 Å². The monoisotopic (exact) mass is 324 g/mol. The Labute approximate surface area is 120 Å². The van der Waals surface area contributed by atoms with E-state index in [4.69, 9.17) is 0 Å². The number of aromatic nitrogens is 4. The van der Waals surface area contributed by atoms with Crippen LogP contribution in [0.1, 0.15) is 32.2 Å². The molecule has 0 amide bonds. The zero-order valence-corrected chi connectivity index (χ0v) is 13.3. The minimum atomic E-state index is -0.210. The molecule has 0 radical (unpaired) electrons. The minimum Gasteiger partial charge on any atom is -0.305 e. The van der Waals surface area contributed by atoms with Gasteiger partial charge in [-0.3, -0.25) is 9.48 Å². The number of H-pyrrole nitrogens is 1. The molecule has 1 N–H and O–H groups in total. The molecule has 6 heteroatoms. The van der Waals surface area contributed by atoms with Crippen LogP contribution in [0.5, 0.6) is 0 Å². The van der Waals surface area contributed by atoms with E-state index in [1.54, 1.807) is 10.9 Å². The van der Waals surface area contributed by atoms with E-state index < -0.39 is 0 Å². The van der Waals surface area contributed by atoms with Crippen molar-refractivity contribution in [2.75, 3.05) is 0 Å². The first kappa shape index (κ1) is 14.0. The molecular weight excluding hydrogens is 308 g/mol. The molecule has 19 heavy (non-hydrogen) atoms. The molecule has 0 unspecified atom stereocenters. The van der Waals surface area contributed by atoms with Crippen LogP contribution in [0.15, 0.2) is 15.5 Å². The van der Waals surface area contributed by atoms with Gasteiger partial charge < -0.3 is 4.98 Å². The van der Waals surface area contributed by atoms with E-state index in [-0.39, 0.29) is 11.0 Å². The highest BCUT2D eigenvalue weighted by Gasteiger charge is 2.23. The second kappa shape index (κ2) is 4.59. The summed E-state index contributed by atoms with van der Waals surface area (Å²) < 4.78 is 2.25. The molecule has 0 aliphatic heterocycles. The van der Waals surface area contributed by atoms with Crippen molar-refractivity contribution in [3.8, 4) is 11.4 Å². The van der Waals surface area contributed by atoms with Crippen LogP contribution >= 0.6 is 15.9 Å². The summed E-state index contributed by atoms with van der Waals surface area (Å²) in [6.45, 7) is 8.03. The van der Waals surface area contributed by atoms with Gasteiger partial charge in [0.1, 0.15) is 10.3 Å². The van der Waals surface area contributed by atoms with Crippen molar-refractivity contribution >= 4 is 15.9 Å². The number of aromatic amines is 1. The van der Waals surface area contributed by atoms with Gasteiger partial charge in [-0.2, -0.15) is 5.10 Å². The Morgan fingerprint density at radius 2 is 2.00 bits per heavy atom. The second-order valence-corrected chi connectivity index (χ2v) is 6.39. The Hall–Kier alpha value is -1.43. The topological polar surface area (TPSA) is 63.6 Å². The first-order chi connectivity index (χ1) is 8.71. The fourth-order valence-corrected chi connectivity index (χ4v) is 2.60. The van der Waals surface area contributed by atoms with Gasteiger partial charge in [-0.1, -0.05) is 20.8 Å². The fraction of sp³-hybridized carbons (Fsp3) is 0.462. The van der Waals surface area contributed by atoms with Gasteiger partial charge in [0.15, 0.2) is 0 Å². The first-order valence-corrected chi connectivity index (χ1v) is 6.80. The van der Waals surface area contributed by atoms with Gasteiger partial charge in [-0.15, -0.1) is 0 Å². The Morgan fingerprint density at radius 1 is 1.37 bits per heavy atom. The average molecular weight is 325 g/mol. The SMILES string of the molecule is Cc1c(-c2nc(C(C)(C)C)c(Br)c(=O)[nH]2)cnn1C. The van der Waals surface area contributed by atoms with Crippen LogP contribution < -0.4 is 5.56 Å². The summed E-state index contributed by atoms with van der Waals surface area (Å²) in [6, 6.07) is 0. The molecule has 2 heterocycles. The lowest BCUT2D eigenvalue weighted by molar-refractivity contribution is 0.562. The van der Waals surface area contributed by atoms with Crippen molar-refractivity contribution in [1.82, 2.24) is 19.7 Å². The number of nitrogens with zero attached hydrogens (tertiary/aromatic N) is 3. The van der Waals surface area contributed by atoms with Gasteiger partial charge in [-0.05, 0) is 22.9 Å². The molecule has 0 fully saturated rings. The molecular formula is C13H17BrN4O. The quantitative estimate of drug-likeness (QED) is 0.876. The highest BCUT2D eigenvalue weighted by Crippen LogP contribution is 2.27. The van der Waals surface area contributed by atoms with Crippen molar-refractivity contribution in [1.29, 1.82) is 0 Å². The predicted octanol–water partition coefficient (Wildman–Crippen LogP) is 2.54. The molecule has 102 valence electrons. The maximum Gasteiger partial charge on any atom is 0.265 e. The second-order valence-electron chi connectivity index (χ2n) is 5.59. The maximum atomic E-state index is 12.0. The van der Waals surface area contributed by atoms with Crippen molar-refractivity contribution in [2.45, 2.75) is 33.1 Å². The Balaban J connectivity index is 2.71. The van der Waals surface area contributed by atoms with Gasteiger partial charge in [0.05, 0.1) is 17.5 Å². The molecule has 0 atom stereocenters. The molecule has 5 nitrogen and oxygen atoms in total. The van der Waals surface area contributed by atoms with Crippen LogP contribution in [0, 0.1) is 6.92 Å². The molecule has 0 bridgehead atoms. The smallest absolute Gasteiger partial charge is 0.265 e. The van der Waals surface area contributed by atoms with Crippen LogP contribution in [-0.2, 0) is 12.5 Å². The normalized spacial score (nSPS) is 11.9. The van der Waals surface area contributed by atoms with E-state index >= 15 is 0 Å². The first-order valence-electron chi connectivity index (χ1n) is 6.01. The molecule has 0 saturated carbocycles. The average Bonchev–Trinajstić information content (AvgIpc) is 2.62. The van der Waals surface area contributed by atoms with Crippen molar-refractivity contribution in [3.05, 3.63) is 32.4 Å². The molecule has 0 aliphatic rings. The van der Waals surface area contributed by atoms with E-state index in [9.17, 15) is 4.79 Å². The van der Waals surface area contributed by atoms with Crippen molar-refractivity contribution in [3.63, 3.8) is 0 Å². The molecule has 0 aliphatic carbocycles. The number of rotatable bonds is 1. The summed E-state index contributed by atoms with van der Waals surface area (Å²) in [6.07, 6.45) is 1.72. The number of hydrogen-bond acceptors (Lipinski definition) is 3. The third kappa shape index (κ3) is 2.49. The van der Waals surface area contributed by atoms with E-state index in [0.29, 0.717) is 10.3 Å². The number of halogens is 1. The van der Waals surface area contributed by atoms with E-state index in [1.165, 1.54) is 0 Å². The maximum absolute atomic E-state index is 12.0. The zero-order chi connectivity index (χ0) is 14.4. The van der Waals surface area contributed by atoms with Crippen LogP contribution in [-0.4, -0.2) is 19.7 Å². The molecule has 0 saturated heterocycles. The molecule has 2 rings (SSSR count). The number of aryl methyl sites for hydroxylation is 1. The van der Waals surface area contributed by atoms with Crippen molar-refractivity contribution in [2.24, 2.45) is 7.05 Å². The Morgan fingerprint density at radius 3 is 2.47 bits per heavy atom. The summed E-state index contributed by atoms with van der Waals surface area (Å²) >= 11 is 3.32. The van der Waals surface area contributed by atoms with Gasteiger partial charge in [0.25, 0.3) is 5.56 Å². The molecule has 2 aromatic rings. The van der Waals surface area contributed by atoms with Gasteiger partial charge in [-0.25, -0.2) is 4.98 Å². The van der Waals surface area contributed by atoms with Crippen molar-refractivity contribution < 1.29 is 0 Å². The minimum absolute atomic E-state index is 0.168. The summed E-state index contributed by atoms with van der Waals surface area (Å²) in [7, 11) is 1.86.